The Morgan fingerprint density at radius 1 is 0.783 bits per heavy atom. The lowest BCUT2D eigenvalue weighted by Gasteiger charge is -2.11. The number of allylic oxidation sites excluding steroid dienone is 4. The van der Waals surface area contributed by atoms with Crippen LogP contribution in [0.1, 0.15) is 12.0 Å². The molecule has 0 aromatic heterocycles. The smallest absolute Gasteiger partial charge is 0.00203 e. The molecule has 3 aromatic rings. The molecule has 0 N–H and O–H groups in total. The van der Waals surface area contributed by atoms with Crippen molar-refractivity contribution >= 4 is 16.3 Å². The van der Waals surface area contributed by atoms with Gasteiger partial charge in [-0.1, -0.05) is 79.4 Å². The van der Waals surface area contributed by atoms with Gasteiger partial charge in [-0.25, -0.2) is 0 Å². The molecule has 0 aliphatic heterocycles. The molecule has 1 aliphatic carbocycles. The molecule has 0 heteroatoms. The molecule has 0 amide bonds. The van der Waals surface area contributed by atoms with Crippen molar-refractivity contribution in [3.63, 3.8) is 0 Å². The molecule has 23 heavy (non-hydrogen) atoms. The van der Waals surface area contributed by atoms with Crippen LogP contribution in [0.4, 0.5) is 0 Å². The Balaban J connectivity index is 2.06. The Kier molecular flexibility index (Phi) is 3.24. The molecule has 0 atom stereocenters. The van der Waals surface area contributed by atoms with E-state index in [9.17, 15) is 0 Å². The highest BCUT2D eigenvalue weighted by Gasteiger charge is 2.22. The largest absolute Gasteiger partial charge is 0.103 e. The minimum absolute atomic E-state index is 0.845. The Labute approximate surface area is 137 Å². The fourth-order valence-electron chi connectivity index (χ4n) is 3.65. The molecular weight excluding hydrogens is 276 g/mol. The van der Waals surface area contributed by atoms with Crippen molar-refractivity contribution in [1.82, 2.24) is 0 Å². The van der Waals surface area contributed by atoms with Crippen LogP contribution in [-0.4, -0.2) is 0 Å². The maximum atomic E-state index is 3.89. The van der Waals surface area contributed by atoms with Crippen molar-refractivity contribution in [1.29, 1.82) is 0 Å². The van der Waals surface area contributed by atoms with E-state index in [0.717, 1.165) is 6.42 Å². The summed E-state index contributed by atoms with van der Waals surface area (Å²) in [6.07, 6.45) is 6.75. The quantitative estimate of drug-likeness (QED) is 0.292. The molecule has 0 radical (unpaired) electrons. The number of hydrogen-bond donors (Lipinski definition) is 0. The van der Waals surface area contributed by atoms with Crippen LogP contribution in [0.2, 0.25) is 0 Å². The maximum absolute atomic E-state index is 3.89. The second-order valence-electron chi connectivity index (χ2n) is 5.85. The van der Waals surface area contributed by atoms with Gasteiger partial charge in [0.1, 0.15) is 0 Å². The van der Waals surface area contributed by atoms with Crippen LogP contribution in [0, 0.1) is 0 Å². The van der Waals surface area contributed by atoms with Gasteiger partial charge in [0.2, 0.25) is 0 Å². The van der Waals surface area contributed by atoms with Gasteiger partial charge in [0.15, 0.2) is 0 Å². The first kappa shape index (κ1) is 13.8. The molecule has 0 bridgehead atoms. The van der Waals surface area contributed by atoms with Gasteiger partial charge in [0.25, 0.3) is 0 Å². The Hall–Kier alpha value is -2.86. The zero-order valence-electron chi connectivity index (χ0n) is 13.0. The van der Waals surface area contributed by atoms with Gasteiger partial charge >= 0.3 is 0 Å². The molecule has 3 aromatic carbocycles. The highest BCUT2D eigenvalue weighted by Crippen LogP contribution is 2.48. The maximum Gasteiger partial charge on any atom is -0.00203 e. The SMILES string of the molecule is C=C/C=C(/CC=C)c1ccc2c3c(cccc13)-c1ccccc1-2. The fourth-order valence-corrected chi connectivity index (χ4v) is 3.65. The predicted molar refractivity (Wildman–Crippen MR) is 101 cm³/mol. The molecule has 0 spiro atoms. The van der Waals surface area contributed by atoms with Gasteiger partial charge in [-0.05, 0) is 50.6 Å². The topological polar surface area (TPSA) is 0 Å². The standard InChI is InChI=1S/C23H18/c1-3-8-16(9-4-2)17-14-15-22-19-11-6-5-10-18(19)21-13-7-12-20(17)23(21)22/h3-8,10-15H,1-2,9H2/b16-8-. The van der Waals surface area contributed by atoms with Crippen LogP contribution in [0.5, 0.6) is 0 Å². The number of rotatable bonds is 4. The van der Waals surface area contributed by atoms with Crippen LogP contribution >= 0.6 is 0 Å². The first-order valence-corrected chi connectivity index (χ1v) is 7.93. The molecule has 0 nitrogen and oxygen atoms in total. The molecule has 110 valence electrons. The van der Waals surface area contributed by atoms with Gasteiger partial charge in [0, 0.05) is 0 Å². The molecule has 0 saturated heterocycles. The van der Waals surface area contributed by atoms with E-state index in [1.165, 1.54) is 44.2 Å². The van der Waals surface area contributed by atoms with Crippen molar-refractivity contribution in [3.8, 4) is 22.3 Å². The molecule has 0 saturated carbocycles. The monoisotopic (exact) mass is 294 g/mol. The summed E-state index contributed by atoms with van der Waals surface area (Å²) in [5, 5.41) is 2.68. The summed E-state index contributed by atoms with van der Waals surface area (Å²) >= 11 is 0. The van der Waals surface area contributed by atoms with Gasteiger partial charge in [-0.2, -0.15) is 0 Å². The number of fused-ring (bicyclic) bond motifs is 3. The molecule has 0 heterocycles. The summed E-state index contributed by atoms with van der Waals surface area (Å²) < 4.78 is 0. The summed E-state index contributed by atoms with van der Waals surface area (Å²) in [7, 11) is 0. The average Bonchev–Trinajstić information content (AvgIpc) is 2.92. The summed E-state index contributed by atoms with van der Waals surface area (Å²) in [6.45, 7) is 7.75. The van der Waals surface area contributed by atoms with E-state index in [0.29, 0.717) is 0 Å². The lowest BCUT2D eigenvalue weighted by Crippen LogP contribution is -1.87. The van der Waals surface area contributed by atoms with Crippen molar-refractivity contribution in [2.75, 3.05) is 0 Å². The second-order valence-corrected chi connectivity index (χ2v) is 5.85. The summed E-state index contributed by atoms with van der Waals surface area (Å²) in [6, 6.07) is 19.8. The Morgan fingerprint density at radius 2 is 1.48 bits per heavy atom. The Bertz CT molecular complexity index is 941. The lowest BCUT2D eigenvalue weighted by atomic mass is 9.92. The van der Waals surface area contributed by atoms with Crippen LogP contribution < -0.4 is 0 Å². The summed E-state index contributed by atoms with van der Waals surface area (Å²) in [5.41, 5.74) is 7.89. The van der Waals surface area contributed by atoms with Crippen molar-refractivity contribution in [2.24, 2.45) is 0 Å². The van der Waals surface area contributed by atoms with E-state index >= 15 is 0 Å². The van der Waals surface area contributed by atoms with Gasteiger partial charge in [-0.3, -0.25) is 0 Å². The highest BCUT2D eigenvalue weighted by atomic mass is 14.2. The van der Waals surface area contributed by atoms with Gasteiger partial charge in [-0.15, -0.1) is 6.58 Å². The minimum Gasteiger partial charge on any atom is -0.103 e. The second kappa shape index (κ2) is 5.40. The van der Waals surface area contributed by atoms with E-state index in [1.54, 1.807) is 0 Å². The molecule has 0 fully saturated rings. The van der Waals surface area contributed by atoms with Crippen LogP contribution in [0.25, 0.3) is 38.6 Å². The van der Waals surface area contributed by atoms with E-state index < -0.39 is 0 Å². The number of benzene rings is 3. The summed E-state index contributed by atoms with van der Waals surface area (Å²) in [5.74, 6) is 0. The van der Waals surface area contributed by atoms with Crippen molar-refractivity contribution < 1.29 is 0 Å². The van der Waals surface area contributed by atoms with Crippen LogP contribution in [0.15, 0.2) is 86.0 Å². The van der Waals surface area contributed by atoms with Crippen LogP contribution in [-0.2, 0) is 0 Å². The number of hydrogen-bond acceptors (Lipinski definition) is 0. The third-order valence-corrected chi connectivity index (χ3v) is 4.58. The van der Waals surface area contributed by atoms with E-state index in [1.807, 2.05) is 12.2 Å². The first-order valence-electron chi connectivity index (χ1n) is 7.93. The zero-order valence-corrected chi connectivity index (χ0v) is 13.0. The average molecular weight is 294 g/mol. The van der Waals surface area contributed by atoms with Gasteiger partial charge in [0.05, 0.1) is 0 Å². The van der Waals surface area contributed by atoms with E-state index in [2.05, 4.69) is 73.8 Å². The van der Waals surface area contributed by atoms with E-state index in [-0.39, 0.29) is 0 Å². The zero-order chi connectivity index (χ0) is 15.8. The normalized spacial score (nSPS) is 12.3. The molecule has 1 aliphatic rings. The third-order valence-electron chi connectivity index (χ3n) is 4.58. The van der Waals surface area contributed by atoms with Crippen molar-refractivity contribution in [2.45, 2.75) is 6.42 Å². The molecular formula is C23H18. The highest BCUT2D eigenvalue weighted by molar-refractivity contribution is 6.17. The predicted octanol–water partition coefficient (Wildman–Crippen LogP) is 6.63. The molecule has 0 unspecified atom stereocenters. The lowest BCUT2D eigenvalue weighted by molar-refractivity contribution is 1.41. The van der Waals surface area contributed by atoms with Gasteiger partial charge < -0.3 is 0 Å². The van der Waals surface area contributed by atoms with Crippen LogP contribution in [0.3, 0.4) is 0 Å². The molecule has 4 rings (SSSR count). The Morgan fingerprint density at radius 3 is 2.17 bits per heavy atom. The third kappa shape index (κ3) is 1.99. The van der Waals surface area contributed by atoms with E-state index in [4.69, 9.17) is 0 Å². The summed E-state index contributed by atoms with van der Waals surface area (Å²) in [4.78, 5) is 0. The van der Waals surface area contributed by atoms with Crippen molar-refractivity contribution in [3.05, 3.63) is 91.5 Å². The minimum atomic E-state index is 0.845. The fraction of sp³-hybridized carbons (Fsp3) is 0.0435. The first-order chi connectivity index (χ1) is 11.3.